The highest BCUT2D eigenvalue weighted by atomic mass is 32.2. The zero-order valence-electron chi connectivity index (χ0n) is 18.3. The van der Waals surface area contributed by atoms with Crippen LogP contribution in [0.5, 0.6) is 0 Å². The molecule has 2 heterocycles. The molecule has 1 aliphatic heterocycles. The van der Waals surface area contributed by atoms with Crippen LogP contribution in [0.1, 0.15) is 20.8 Å². The van der Waals surface area contributed by atoms with Crippen molar-refractivity contribution in [1.82, 2.24) is 13.6 Å². The van der Waals surface area contributed by atoms with E-state index >= 15 is 0 Å². The fraction of sp³-hybridized carbons (Fsp3) is 0.409. The van der Waals surface area contributed by atoms with E-state index in [1.54, 1.807) is 22.4 Å². The second-order valence-corrected chi connectivity index (χ2v) is 9.43. The zero-order valence-corrected chi connectivity index (χ0v) is 20.0. The van der Waals surface area contributed by atoms with Crippen LogP contribution < -0.4 is 10.6 Å². The molecule has 1 aromatic heterocycles. The third-order valence-electron chi connectivity index (χ3n) is 4.35. The fourth-order valence-electron chi connectivity index (χ4n) is 3.00. The molecule has 2 N–H and O–H groups in total. The van der Waals surface area contributed by atoms with Crippen LogP contribution in [0.25, 0.3) is 0 Å². The third kappa shape index (κ3) is 6.47. The van der Waals surface area contributed by atoms with Gasteiger partial charge >= 0.3 is 0 Å². The Kier molecular flexibility index (Phi) is 9.66. The number of benzene rings is 1. The SMILES string of the molecule is CC.CC#CC1CN(Sc2ccc(N)nc2)CCN1c1ccc(S(=O)N(C)C)cc1. The van der Waals surface area contributed by atoms with Gasteiger partial charge in [0, 0.05) is 36.4 Å². The number of hydrogen-bond donors (Lipinski definition) is 1. The molecule has 30 heavy (non-hydrogen) atoms. The number of nitrogen functional groups attached to an aromatic ring is 1. The van der Waals surface area contributed by atoms with E-state index in [1.807, 2.05) is 71.3 Å². The largest absolute Gasteiger partial charge is 0.384 e. The maximum atomic E-state index is 12.2. The molecule has 1 fully saturated rings. The van der Waals surface area contributed by atoms with Gasteiger partial charge in [0.25, 0.3) is 0 Å². The molecule has 2 unspecified atom stereocenters. The fourth-order valence-corrected chi connectivity index (χ4v) is 4.71. The summed E-state index contributed by atoms with van der Waals surface area (Å²) < 4.78 is 16.2. The summed E-state index contributed by atoms with van der Waals surface area (Å²) in [7, 11) is 2.49. The van der Waals surface area contributed by atoms with Gasteiger partial charge in [-0.3, -0.25) is 0 Å². The van der Waals surface area contributed by atoms with E-state index in [9.17, 15) is 4.21 Å². The van der Waals surface area contributed by atoms with Gasteiger partial charge in [-0.2, -0.15) is 0 Å². The third-order valence-corrected chi connectivity index (χ3v) is 6.73. The van der Waals surface area contributed by atoms with Crippen LogP contribution in [-0.4, -0.2) is 57.6 Å². The molecule has 1 aliphatic rings. The molecule has 0 bridgehead atoms. The lowest BCUT2D eigenvalue weighted by Gasteiger charge is -2.39. The predicted molar refractivity (Wildman–Crippen MR) is 129 cm³/mol. The first-order valence-electron chi connectivity index (χ1n) is 10.0. The Morgan fingerprint density at radius 1 is 1.17 bits per heavy atom. The molecule has 3 rings (SSSR count). The molecule has 1 aromatic carbocycles. The van der Waals surface area contributed by atoms with Crippen molar-refractivity contribution >= 4 is 34.4 Å². The van der Waals surface area contributed by atoms with E-state index in [0.717, 1.165) is 35.1 Å². The lowest BCUT2D eigenvalue weighted by Crippen LogP contribution is -2.50. The Labute approximate surface area is 187 Å². The molecular weight excluding hydrogens is 414 g/mol. The van der Waals surface area contributed by atoms with E-state index in [2.05, 4.69) is 26.0 Å². The Balaban J connectivity index is 0.00000155. The van der Waals surface area contributed by atoms with Crippen LogP contribution in [0, 0.1) is 11.8 Å². The predicted octanol–water partition coefficient (Wildman–Crippen LogP) is 3.50. The van der Waals surface area contributed by atoms with Gasteiger partial charge in [0.2, 0.25) is 0 Å². The first-order chi connectivity index (χ1) is 14.5. The smallest absolute Gasteiger partial charge is 0.127 e. The van der Waals surface area contributed by atoms with Gasteiger partial charge in [-0.25, -0.2) is 17.8 Å². The Bertz CT molecular complexity index is 875. The minimum Gasteiger partial charge on any atom is -0.384 e. The molecule has 0 aliphatic carbocycles. The van der Waals surface area contributed by atoms with Crippen LogP contribution in [0.4, 0.5) is 11.5 Å². The minimum absolute atomic E-state index is 0.0955. The molecule has 2 atom stereocenters. The van der Waals surface area contributed by atoms with Crippen molar-refractivity contribution < 1.29 is 4.21 Å². The van der Waals surface area contributed by atoms with Crippen molar-refractivity contribution in [3.8, 4) is 11.8 Å². The number of nitrogens with two attached hydrogens (primary N) is 1. The van der Waals surface area contributed by atoms with Crippen LogP contribution >= 0.6 is 11.9 Å². The summed E-state index contributed by atoms with van der Waals surface area (Å²) in [6.45, 7) is 8.46. The first kappa shape index (κ1) is 24.2. The molecule has 0 radical (unpaired) electrons. The molecule has 0 spiro atoms. The first-order valence-corrected chi connectivity index (χ1v) is 11.9. The van der Waals surface area contributed by atoms with Crippen LogP contribution in [0.2, 0.25) is 0 Å². The van der Waals surface area contributed by atoms with Crippen molar-refractivity contribution in [2.45, 2.75) is 36.6 Å². The van der Waals surface area contributed by atoms with Crippen molar-refractivity contribution in [3.05, 3.63) is 42.6 Å². The number of hydrogen-bond acceptors (Lipinski definition) is 6. The van der Waals surface area contributed by atoms with Crippen LogP contribution in [-0.2, 0) is 11.0 Å². The van der Waals surface area contributed by atoms with E-state index in [4.69, 9.17) is 5.73 Å². The number of aromatic nitrogens is 1. The maximum absolute atomic E-state index is 12.2. The van der Waals surface area contributed by atoms with Gasteiger partial charge in [0.05, 0.1) is 4.90 Å². The quantitative estimate of drug-likeness (QED) is 0.561. The van der Waals surface area contributed by atoms with Crippen molar-refractivity contribution in [3.63, 3.8) is 0 Å². The number of rotatable bonds is 5. The zero-order chi connectivity index (χ0) is 22.1. The molecule has 2 aromatic rings. The van der Waals surface area contributed by atoms with Crippen molar-refractivity contribution in [2.75, 3.05) is 44.4 Å². The Morgan fingerprint density at radius 3 is 2.43 bits per heavy atom. The Hall–Kier alpha value is -2.05. The second-order valence-electron chi connectivity index (χ2n) is 6.56. The van der Waals surface area contributed by atoms with Gasteiger partial charge in [-0.1, -0.05) is 19.8 Å². The van der Waals surface area contributed by atoms with Crippen LogP contribution in [0.3, 0.4) is 0 Å². The molecule has 6 nitrogen and oxygen atoms in total. The monoisotopic (exact) mass is 445 g/mol. The van der Waals surface area contributed by atoms with Gasteiger partial charge in [-0.05, 0) is 69.4 Å². The summed E-state index contributed by atoms with van der Waals surface area (Å²) in [5.74, 6) is 6.92. The summed E-state index contributed by atoms with van der Waals surface area (Å²) in [5, 5.41) is 0. The van der Waals surface area contributed by atoms with E-state index in [1.165, 1.54) is 0 Å². The molecule has 162 valence electrons. The maximum Gasteiger partial charge on any atom is 0.127 e. The molecule has 1 saturated heterocycles. The highest BCUT2D eigenvalue weighted by molar-refractivity contribution is 7.97. The number of anilines is 2. The van der Waals surface area contributed by atoms with Gasteiger partial charge in [0.1, 0.15) is 22.8 Å². The summed E-state index contributed by atoms with van der Waals surface area (Å²) in [4.78, 5) is 8.35. The normalized spacial score (nSPS) is 17.5. The van der Waals surface area contributed by atoms with Gasteiger partial charge in [0.15, 0.2) is 0 Å². The summed E-state index contributed by atoms with van der Waals surface area (Å²) in [6.07, 6.45) is 1.80. The topological polar surface area (TPSA) is 65.7 Å². The van der Waals surface area contributed by atoms with E-state index in [-0.39, 0.29) is 6.04 Å². The Morgan fingerprint density at radius 2 is 1.87 bits per heavy atom. The second kappa shape index (κ2) is 12.0. The highest BCUT2D eigenvalue weighted by Crippen LogP contribution is 2.28. The number of piperazine rings is 1. The number of pyridine rings is 1. The number of nitrogens with zero attached hydrogens (tertiary/aromatic N) is 4. The summed E-state index contributed by atoms with van der Waals surface area (Å²) in [6, 6.07) is 11.8. The van der Waals surface area contributed by atoms with Crippen molar-refractivity contribution in [1.29, 1.82) is 0 Å². The minimum atomic E-state index is -1.13. The summed E-state index contributed by atoms with van der Waals surface area (Å²) in [5.41, 5.74) is 6.77. The molecule has 0 amide bonds. The average Bonchev–Trinajstić information content (AvgIpc) is 2.77. The molecule has 8 heteroatoms. The van der Waals surface area contributed by atoms with Crippen LogP contribution in [0.15, 0.2) is 52.4 Å². The van der Waals surface area contributed by atoms with E-state index in [0.29, 0.717) is 5.82 Å². The lowest BCUT2D eigenvalue weighted by molar-refractivity contribution is 0.397. The standard InChI is InChI=1S/C20H25N5OS2.C2H6/c1-4-5-17-15-24(27-18-8-11-20(21)22-14-18)12-13-25(17)16-6-9-19(10-7-16)28(26)23(2)3;1-2/h6-11,14,17H,12-13,15H2,1-3H3,(H2,21,22);1-2H3. The van der Waals surface area contributed by atoms with Gasteiger partial charge in [-0.15, -0.1) is 5.92 Å². The highest BCUT2D eigenvalue weighted by Gasteiger charge is 2.26. The van der Waals surface area contributed by atoms with Gasteiger partial charge < -0.3 is 10.6 Å². The summed E-state index contributed by atoms with van der Waals surface area (Å²) >= 11 is 1.68. The average molecular weight is 446 g/mol. The molecule has 0 saturated carbocycles. The van der Waals surface area contributed by atoms with Crippen molar-refractivity contribution in [2.24, 2.45) is 0 Å². The lowest BCUT2D eigenvalue weighted by atomic mass is 10.1. The molecular formula is C22H31N5OS2. The van der Waals surface area contributed by atoms with E-state index < -0.39 is 11.0 Å².